The van der Waals surface area contributed by atoms with Gasteiger partial charge in [0.2, 0.25) is 0 Å². The summed E-state index contributed by atoms with van der Waals surface area (Å²) in [5, 5.41) is -0.874. The molecule has 0 aliphatic carbocycles. The molecule has 0 aliphatic rings. The summed E-state index contributed by atoms with van der Waals surface area (Å²) in [6.07, 6.45) is -4.88. The van der Waals surface area contributed by atoms with Crippen molar-refractivity contribution in [2.45, 2.75) is 11.1 Å². The molecule has 5 nitrogen and oxygen atoms in total. The monoisotopic (exact) mass is 509 g/mol. The maximum absolute atomic E-state index is 13.1. The minimum Gasteiger partial charge on any atom is -0.338 e. The molecule has 12 heteroatoms. The lowest BCUT2D eigenvalue weighted by molar-refractivity contribution is -0.137. The van der Waals surface area contributed by atoms with Crippen LogP contribution in [0.1, 0.15) is 5.56 Å². The van der Waals surface area contributed by atoms with Crippen LogP contribution in [-0.2, 0) is 20.8 Å². The Morgan fingerprint density at radius 1 is 0.935 bits per heavy atom. The molecule has 1 unspecified atom stereocenters. The van der Waals surface area contributed by atoms with Crippen molar-refractivity contribution < 1.29 is 31.0 Å². The lowest BCUT2D eigenvalue weighted by atomic mass is 10.2. The Morgan fingerprint density at radius 3 is 2.19 bits per heavy atom. The molecule has 0 heterocycles. The SMILES string of the molecule is O=P(O)(c1ccccc1)c1ccc(Cl)cc1NS(=O)(=O)c1ccc(Cl)c(C(F)(F)F)c1. The van der Waals surface area contributed by atoms with Crippen LogP contribution in [0.2, 0.25) is 10.0 Å². The number of nitrogens with one attached hydrogen (secondary N) is 1. The van der Waals surface area contributed by atoms with Gasteiger partial charge in [-0.3, -0.25) is 9.29 Å². The van der Waals surface area contributed by atoms with Gasteiger partial charge in [0.15, 0.2) is 0 Å². The van der Waals surface area contributed by atoms with Crippen LogP contribution in [0, 0.1) is 0 Å². The van der Waals surface area contributed by atoms with Crippen molar-refractivity contribution in [2.24, 2.45) is 0 Å². The third-order valence-corrected chi connectivity index (χ3v) is 8.16. The van der Waals surface area contributed by atoms with E-state index in [2.05, 4.69) is 4.72 Å². The fourth-order valence-corrected chi connectivity index (χ4v) is 5.86. The van der Waals surface area contributed by atoms with Gasteiger partial charge in [0.25, 0.3) is 17.4 Å². The first kappa shape index (κ1) is 23.6. The van der Waals surface area contributed by atoms with Crippen molar-refractivity contribution >= 4 is 56.9 Å². The maximum atomic E-state index is 13.1. The summed E-state index contributed by atoms with van der Waals surface area (Å²) >= 11 is 11.5. The molecular formula is C19H13Cl2F3NO4PS. The van der Waals surface area contributed by atoms with Gasteiger partial charge in [0.1, 0.15) is 0 Å². The number of hydrogen-bond acceptors (Lipinski definition) is 3. The van der Waals surface area contributed by atoms with Gasteiger partial charge in [-0.25, -0.2) is 8.42 Å². The van der Waals surface area contributed by atoms with Crippen LogP contribution in [0.4, 0.5) is 18.9 Å². The number of rotatable bonds is 5. The quantitative estimate of drug-likeness (QED) is 0.472. The normalized spacial score (nSPS) is 14.1. The van der Waals surface area contributed by atoms with Gasteiger partial charge in [0.05, 0.1) is 26.5 Å². The van der Waals surface area contributed by atoms with Gasteiger partial charge in [0, 0.05) is 10.3 Å². The molecule has 0 saturated carbocycles. The Kier molecular flexibility index (Phi) is 6.47. The highest BCUT2D eigenvalue weighted by Crippen LogP contribution is 2.42. The number of benzene rings is 3. The van der Waals surface area contributed by atoms with E-state index in [0.29, 0.717) is 6.07 Å². The van der Waals surface area contributed by atoms with E-state index >= 15 is 0 Å². The van der Waals surface area contributed by atoms with Crippen LogP contribution < -0.4 is 15.3 Å². The molecular weight excluding hydrogens is 497 g/mol. The molecule has 0 saturated heterocycles. The molecule has 0 spiro atoms. The third kappa shape index (κ3) is 5.07. The summed E-state index contributed by atoms with van der Waals surface area (Å²) in [6.45, 7) is 0. The lowest BCUT2D eigenvalue weighted by Gasteiger charge is -2.18. The van der Waals surface area contributed by atoms with Gasteiger partial charge < -0.3 is 4.89 Å². The first-order valence-electron chi connectivity index (χ1n) is 8.40. The van der Waals surface area contributed by atoms with Crippen molar-refractivity contribution in [1.82, 2.24) is 0 Å². The summed E-state index contributed by atoms with van der Waals surface area (Å²) in [7, 11) is -8.86. The Balaban J connectivity index is 2.10. The van der Waals surface area contributed by atoms with E-state index in [0.717, 1.165) is 18.2 Å². The molecule has 31 heavy (non-hydrogen) atoms. The van der Waals surface area contributed by atoms with Gasteiger partial charge in [-0.05, 0) is 48.5 Å². The summed E-state index contributed by atoms with van der Waals surface area (Å²) < 4.78 is 80.1. The maximum Gasteiger partial charge on any atom is 0.417 e. The predicted molar refractivity (Wildman–Crippen MR) is 114 cm³/mol. The van der Waals surface area contributed by atoms with E-state index in [1.807, 2.05) is 0 Å². The van der Waals surface area contributed by atoms with Crippen molar-refractivity contribution in [3.63, 3.8) is 0 Å². The molecule has 0 amide bonds. The molecule has 2 N–H and O–H groups in total. The number of hydrogen-bond donors (Lipinski definition) is 2. The van der Waals surface area contributed by atoms with Crippen LogP contribution in [-0.4, -0.2) is 13.3 Å². The van der Waals surface area contributed by atoms with E-state index in [-0.39, 0.29) is 21.3 Å². The van der Waals surface area contributed by atoms with Crippen LogP contribution >= 0.6 is 30.6 Å². The zero-order valence-electron chi connectivity index (χ0n) is 15.3. The summed E-state index contributed by atoms with van der Waals surface area (Å²) in [6, 6.07) is 13.1. The van der Waals surface area contributed by atoms with Gasteiger partial charge in [-0.1, -0.05) is 41.4 Å². The fourth-order valence-electron chi connectivity index (χ4n) is 2.72. The molecule has 3 rings (SSSR count). The van der Waals surface area contributed by atoms with E-state index < -0.39 is 39.0 Å². The Bertz CT molecular complexity index is 1290. The second-order valence-electron chi connectivity index (χ2n) is 6.32. The van der Waals surface area contributed by atoms with Crippen molar-refractivity contribution in [1.29, 1.82) is 0 Å². The van der Waals surface area contributed by atoms with Crippen molar-refractivity contribution in [3.05, 3.63) is 82.3 Å². The summed E-state index contributed by atoms with van der Waals surface area (Å²) in [4.78, 5) is 9.96. The average molecular weight is 510 g/mol. The van der Waals surface area contributed by atoms with Gasteiger partial charge >= 0.3 is 6.18 Å². The summed E-state index contributed by atoms with van der Waals surface area (Å²) in [5.41, 5.74) is -1.67. The Morgan fingerprint density at radius 2 is 1.58 bits per heavy atom. The van der Waals surface area contributed by atoms with Gasteiger partial charge in [-0.2, -0.15) is 13.2 Å². The number of anilines is 1. The standard InChI is InChI=1S/C19H13Cl2F3NO4PS/c20-12-6-9-18(30(26,27)13-4-2-1-3-5-13)17(10-12)25-31(28,29)14-7-8-16(21)15(11-14)19(22,23)24/h1-11,25H,(H,26,27). The highest BCUT2D eigenvalue weighted by molar-refractivity contribution is 7.92. The third-order valence-electron chi connectivity index (χ3n) is 4.19. The molecule has 0 aromatic heterocycles. The average Bonchev–Trinajstić information content (AvgIpc) is 2.67. The van der Waals surface area contributed by atoms with Crippen LogP contribution in [0.3, 0.4) is 0 Å². The number of halogens is 5. The highest BCUT2D eigenvalue weighted by atomic mass is 35.5. The Hall–Kier alpha value is -2.03. The van der Waals surface area contributed by atoms with Crippen LogP contribution in [0.25, 0.3) is 0 Å². The van der Waals surface area contributed by atoms with Crippen molar-refractivity contribution in [2.75, 3.05) is 4.72 Å². The van der Waals surface area contributed by atoms with E-state index in [9.17, 15) is 31.0 Å². The zero-order valence-corrected chi connectivity index (χ0v) is 18.5. The topological polar surface area (TPSA) is 83.5 Å². The highest BCUT2D eigenvalue weighted by Gasteiger charge is 2.35. The summed E-state index contributed by atoms with van der Waals surface area (Å²) in [5.74, 6) is 0. The first-order chi connectivity index (χ1) is 14.3. The molecule has 164 valence electrons. The molecule has 3 aromatic rings. The zero-order chi connectivity index (χ0) is 23.0. The van der Waals surface area contributed by atoms with Crippen LogP contribution in [0.15, 0.2) is 71.6 Å². The van der Waals surface area contributed by atoms with Gasteiger partial charge in [-0.15, -0.1) is 0 Å². The predicted octanol–water partition coefficient (Wildman–Crippen LogP) is 5.03. The van der Waals surface area contributed by atoms with Crippen LogP contribution in [0.5, 0.6) is 0 Å². The second-order valence-corrected chi connectivity index (χ2v) is 11.0. The smallest absolute Gasteiger partial charge is 0.338 e. The lowest BCUT2D eigenvalue weighted by Crippen LogP contribution is -2.23. The number of alkyl halides is 3. The van der Waals surface area contributed by atoms with E-state index in [1.165, 1.54) is 36.4 Å². The molecule has 1 atom stereocenters. The molecule has 0 fully saturated rings. The van der Waals surface area contributed by atoms with Crippen molar-refractivity contribution in [3.8, 4) is 0 Å². The molecule has 0 radical (unpaired) electrons. The molecule has 3 aromatic carbocycles. The molecule has 0 bridgehead atoms. The molecule has 0 aliphatic heterocycles. The minimum atomic E-state index is -4.88. The minimum absolute atomic E-state index is 0.0311. The fraction of sp³-hybridized carbons (Fsp3) is 0.0526. The van der Waals surface area contributed by atoms with E-state index in [4.69, 9.17) is 23.2 Å². The first-order valence-corrected chi connectivity index (χ1v) is 12.3. The Labute approximate surface area is 185 Å². The van der Waals surface area contributed by atoms with E-state index in [1.54, 1.807) is 6.07 Å². The number of sulfonamides is 1. The second kappa shape index (κ2) is 8.48. The largest absolute Gasteiger partial charge is 0.417 e.